The molecular formula is C22H15ClN4O7S2. The fraction of sp³-hybridized carbons (Fsp3) is 0. The van der Waals surface area contributed by atoms with E-state index >= 15 is 0 Å². The van der Waals surface area contributed by atoms with Crippen LogP contribution in [0.3, 0.4) is 0 Å². The first kappa shape index (κ1) is 23.7. The molecule has 184 valence electrons. The molecule has 0 atom stereocenters. The minimum Gasteiger partial charge on any atom is -0.443 e. The second kappa shape index (κ2) is 8.55. The predicted octanol–water partition coefficient (Wildman–Crippen LogP) is 3.22. The Morgan fingerprint density at radius 1 is 0.722 bits per heavy atom. The third kappa shape index (κ3) is 4.46. The number of hydrogen-bond donors (Lipinski definition) is 4. The third-order valence-corrected chi connectivity index (χ3v) is 7.96. The summed E-state index contributed by atoms with van der Waals surface area (Å²) in [4.78, 5) is 27.5. The molecule has 0 spiro atoms. The monoisotopic (exact) mass is 546 g/mol. The molecule has 36 heavy (non-hydrogen) atoms. The van der Waals surface area contributed by atoms with Crippen molar-refractivity contribution in [3.05, 3.63) is 92.5 Å². The van der Waals surface area contributed by atoms with Crippen molar-refractivity contribution in [3.8, 4) is 0 Å². The minimum absolute atomic E-state index is 0.0874. The number of anilines is 2. The van der Waals surface area contributed by atoms with E-state index in [1.165, 1.54) is 36.4 Å². The average molecular weight is 547 g/mol. The van der Waals surface area contributed by atoms with Crippen LogP contribution in [0.5, 0.6) is 0 Å². The molecule has 0 aliphatic heterocycles. The van der Waals surface area contributed by atoms with Gasteiger partial charge in [-0.2, -0.15) is 8.42 Å². The Morgan fingerprint density at radius 3 is 2.17 bits per heavy atom. The molecule has 5 rings (SSSR count). The molecule has 0 fully saturated rings. The summed E-state index contributed by atoms with van der Waals surface area (Å²) in [6.07, 6.45) is 0. The maximum atomic E-state index is 13.1. The minimum atomic E-state index is -4.27. The number of halogens is 1. The predicted molar refractivity (Wildman–Crippen MR) is 134 cm³/mol. The zero-order valence-electron chi connectivity index (χ0n) is 17.9. The lowest BCUT2D eigenvalue weighted by molar-refractivity contribution is 0.484. The molecule has 3 aromatic carbocycles. The summed E-state index contributed by atoms with van der Waals surface area (Å²) in [5, 5.41) is 0.345. The van der Waals surface area contributed by atoms with Crippen molar-refractivity contribution >= 4 is 65.0 Å². The largest absolute Gasteiger partial charge is 0.443 e. The zero-order valence-corrected chi connectivity index (χ0v) is 20.3. The molecule has 14 heteroatoms. The number of sulfonamides is 2. The normalized spacial score (nSPS) is 12.1. The smallest absolute Gasteiger partial charge is 0.314 e. The fourth-order valence-electron chi connectivity index (χ4n) is 3.44. The summed E-state index contributed by atoms with van der Waals surface area (Å²) >= 11 is 6.04. The van der Waals surface area contributed by atoms with Gasteiger partial charge in [-0.25, -0.2) is 8.42 Å². The van der Waals surface area contributed by atoms with Crippen LogP contribution in [0.25, 0.3) is 22.0 Å². The van der Waals surface area contributed by atoms with Crippen LogP contribution in [0.4, 0.5) is 11.4 Å². The molecule has 5 aromatic rings. The van der Waals surface area contributed by atoms with Crippen molar-refractivity contribution in [2.24, 2.45) is 0 Å². The van der Waals surface area contributed by atoms with Gasteiger partial charge in [-0.15, -0.1) is 0 Å². The molecular weight excluding hydrogens is 532 g/mol. The lowest BCUT2D eigenvalue weighted by atomic mass is 10.3. The summed E-state index contributed by atoms with van der Waals surface area (Å²) in [7, 11) is -8.53. The van der Waals surface area contributed by atoms with Crippen molar-refractivity contribution in [1.29, 1.82) is 0 Å². The zero-order chi connectivity index (χ0) is 25.7. The molecule has 0 radical (unpaired) electrons. The molecule has 4 N–H and O–H groups in total. The maximum absolute atomic E-state index is 13.1. The number of furan rings is 1. The molecule has 0 bridgehead atoms. The Labute approximate surface area is 207 Å². The third-order valence-electron chi connectivity index (χ3n) is 5.14. The molecule has 0 saturated heterocycles. The number of para-hydroxylation sites is 1. The first-order valence-electron chi connectivity index (χ1n) is 10.1. The number of H-pyrrole nitrogens is 2. The Morgan fingerprint density at radius 2 is 1.42 bits per heavy atom. The molecule has 2 aromatic heterocycles. The average Bonchev–Trinajstić information content (AvgIpc) is 3.27. The first-order valence-corrected chi connectivity index (χ1v) is 13.5. The lowest BCUT2D eigenvalue weighted by Crippen LogP contribution is -2.29. The number of aromatic nitrogens is 2. The van der Waals surface area contributed by atoms with E-state index in [1.54, 1.807) is 24.3 Å². The number of hydrogen-bond acceptors (Lipinski definition) is 7. The van der Waals surface area contributed by atoms with Gasteiger partial charge in [0.2, 0.25) is 5.09 Å². The summed E-state index contributed by atoms with van der Waals surface area (Å²) < 4.78 is 62.2. The van der Waals surface area contributed by atoms with Crippen molar-refractivity contribution in [2.75, 3.05) is 9.44 Å². The number of fused-ring (bicyclic) bond motifs is 2. The van der Waals surface area contributed by atoms with E-state index in [0.717, 1.165) is 6.07 Å². The topological polar surface area (TPSA) is 171 Å². The lowest BCUT2D eigenvalue weighted by Gasteiger charge is -2.14. The second-order valence-electron chi connectivity index (χ2n) is 7.62. The number of nitrogens with one attached hydrogen (secondary N) is 4. The van der Waals surface area contributed by atoms with Gasteiger partial charge in [0.25, 0.3) is 20.0 Å². The van der Waals surface area contributed by atoms with Crippen molar-refractivity contribution in [2.45, 2.75) is 9.99 Å². The van der Waals surface area contributed by atoms with E-state index in [2.05, 4.69) is 19.4 Å². The Bertz CT molecular complexity index is 1960. The van der Waals surface area contributed by atoms with Gasteiger partial charge in [0, 0.05) is 16.5 Å². The highest BCUT2D eigenvalue weighted by molar-refractivity contribution is 7.93. The highest BCUT2D eigenvalue weighted by atomic mass is 35.5. The number of rotatable bonds is 6. The van der Waals surface area contributed by atoms with Crippen LogP contribution >= 0.6 is 11.6 Å². The van der Waals surface area contributed by atoms with Crippen LogP contribution < -0.4 is 20.6 Å². The maximum Gasteiger partial charge on any atom is 0.314 e. The Hall–Kier alpha value is -4.07. The molecule has 0 unspecified atom stereocenters. The van der Waals surface area contributed by atoms with E-state index < -0.39 is 31.2 Å². The second-order valence-corrected chi connectivity index (χ2v) is 11.4. The molecule has 11 nitrogen and oxygen atoms in total. The molecule has 2 heterocycles. The first-order chi connectivity index (χ1) is 17.0. The van der Waals surface area contributed by atoms with Gasteiger partial charge < -0.3 is 14.4 Å². The van der Waals surface area contributed by atoms with Gasteiger partial charge in [-0.05, 0) is 42.5 Å². The summed E-state index contributed by atoms with van der Waals surface area (Å²) in [5.41, 5.74) is -1.41. The van der Waals surface area contributed by atoms with Crippen molar-refractivity contribution in [3.63, 3.8) is 0 Å². The van der Waals surface area contributed by atoms with E-state index in [4.69, 9.17) is 16.0 Å². The van der Waals surface area contributed by atoms with Crippen LogP contribution in [0.2, 0.25) is 5.02 Å². The van der Waals surface area contributed by atoms with Gasteiger partial charge in [0.1, 0.15) is 5.58 Å². The van der Waals surface area contributed by atoms with Crippen LogP contribution in [0.1, 0.15) is 0 Å². The van der Waals surface area contributed by atoms with E-state index in [1.807, 2.05) is 0 Å². The summed E-state index contributed by atoms with van der Waals surface area (Å²) in [5.74, 6) is 0. The Balaban J connectivity index is 1.50. The van der Waals surface area contributed by atoms with Crippen molar-refractivity contribution < 1.29 is 21.3 Å². The number of aromatic amines is 2. The molecule has 0 aliphatic carbocycles. The molecule has 0 amide bonds. The summed E-state index contributed by atoms with van der Waals surface area (Å²) in [6.45, 7) is 0. The van der Waals surface area contributed by atoms with Crippen LogP contribution in [0.15, 0.2) is 90.7 Å². The van der Waals surface area contributed by atoms with E-state index in [0.29, 0.717) is 11.0 Å². The standard InChI is InChI=1S/C22H15ClN4O7S2/c23-13-5-7-16(18(10-13)27-36(32,33)20-9-12-3-1-2-4-19(12)34-20)26-35(30,31)14-6-8-15-17(11-14)25-22(29)21(28)24-15/h1-11,26-27H,(H,24,28)(H,25,29). The summed E-state index contributed by atoms with van der Waals surface area (Å²) in [6, 6.07) is 15.6. The van der Waals surface area contributed by atoms with Crippen LogP contribution in [0, 0.1) is 0 Å². The fourth-order valence-corrected chi connectivity index (χ4v) is 5.76. The quantitative estimate of drug-likeness (QED) is 0.237. The number of benzene rings is 3. The highest BCUT2D eigenvalue weighted by Crippen LogP contribution is 2.31. The van der Waals surface area contributed by atoms with Crippen molar-refractivity contribution in [1.82, 2.24) is 9.97 Å². The SMILES string of the molecule is O=c1[nH]c2ccc(S(=O)(=O)Nc3ccc(Cl)cc3NS(=O)(=O)c3cc4ccccc4o3)cc2[nH]c1=O. The highest BCUT2D eigenvalue weighted by Gasteiger charge is 2.23. The Kier molecular flexibility index (Phi) is 5.62. The van der Waals surface area contributed by atoms with Gasteiger partial charge in [-0.1, -0.05) is 29.8 Å². The van der Waals surface area contributed by atoms with Crippen LogP contribution in [-0.4, -0.2) is 26.8 Å². The van der Waals surface area contributed by atoms with Gasteiger partial charge in [0.05, 0.1) is 27.3 Å². The van der Waals surface area contributed by atoms with E-state index in [9.17, 15) is 26.4 Å². The van der Waals surface area contributed by atoms with Gasteiger partial charge in [0.15, 0.2) is 0 Å². The van der Waals surface area contributed by atoms with E-state index in [-0.39, 0.29) is 37.4 Å². The van der Waals surface area contributed by atoms with Crippen LogP contribution in [-0.2, 0) is 20.0 Å². The molecule has 0 saturated carbocycles. The van der Waals surface area contributed by atoms with Gasteiger partial charge in [-0.3, -0.25) is 19.0 Å². The van der Waals surface area contributed by atoms with Gasteiger partial charge >= 0.3 is 11.1 Å². The molecule has 0 aliphatic rings.